The fraction of sp³-hybridized carbons (Fsp3) is 0.333. The first kappa shape index (κ1) is 6.60. The normalized spacial score (nSPS) is 10.7. The summed E-state index contributed by atoms with van der Waals surface area (Å²) in [6.45, 7) is 0. The maximum atomic E-state index is 11.6. The van der Waals surface area contributed by atoms with Gasteiger partial charge in [-0.15, -0.1) is 5.10 Å². The summed E-state index contributed by atoms with van der Waals surface area (Å²) in [5, 5.41) is 5.39. The summed E-state index contributed by atoms with van der Waals surface area (Å²) < 4.78 is 23.4. The Bertz CT molecular complexity index is 199. The summed E-state index contributed by atoms with van der Waals surface area (Å²) in [6, 6.07) is 0. The Kier molecular flexibility index (Phi) is 1.75. The molecule has 9 heavy (non-hydrogen) atoms. The van der Waals surface area contributed by atoms with Gasteiger partial charge in [0, 0.05) is 0 Å². The highest BCUT2D eigenvalue weighted by atomic mass is 79.9. The summed E-state index contributed by atoms with van der Waals surface area (Å²) >= 11 is 2.81. The van der Waals surface area contributed by atoms with E-state index in [-0.39, 0.29) is 4.73 Å². The summed E-state index contributed by atoms with van der Waals surface area (Å²) in [6.07, 6.45) is -2.58. The molecule has 0 aromatic carbocycles. The lowest BCUT2D eigenvalue weighted by Crippen LogP contribution is -1.85. The van der Waals surface area contributed by atoms with Gasteiger partial charge in [-0.05, 0) is 15.9 Å². The van der Waals surface area contributed by atoms with Crippen molar-refractivity contribution in [1.29, 1.82) is 0 Å². The summed E-state index contributed by atoms with van der Waals surface area (Å²) in [7, 11) is 0. The van der Waals surface area contributed by atoms with E-state index in [0.717, 1.165) is 0 Å². The predicted molar refractivity (Wildman–Crippen MR) is 29.0 cm³/mol. The van der Waals surface area contributed by atoms with Crippen molar-refractivity contribution in [2.75, 3.05) is 0 Å². The largest absolute Gasteiger partial charge is 0.296 e. The van der Waals surface area contributed by atoms with Gasteiger partial charge >= 0.3 is 0 Å². The third kappa shape index (κ3) is 1.44. The van der Waals surface area contributed by atoms with Crippen molar-refractivity contribution in [3.8, 4) is 0 Å². The van der Waals surface area contributed by atoms with E-state index >= 15 is 0 Å². The van der Waals surface area contributed by atoms with Crippen molar-refractivity contribution < 1.29 is 8.78 Å². The first-order valence-electron chi connectivity index (χ1n) is 2.06. The topological polar surface area (TPSA) is 41.6 Å². The Hall–Kier alpha value is -0.520. The summed E-state index contributed by atoms with van der Waals surface area (Å²) in [5.74, 6) is -0.415. The SMILES string of the molecule is FC(F)c1nc(Br)n[nH]1. The second-order valence-corrected chi connectivity index (χ2v) is 2.00. The van der Waals surface area contributed by atoms with Gasteiger partial charge in [0.1, 0.15) is 0 Å². The Morgan fingerprint density at radius 3 is 2.44 bits per heavy atom. The third-order valence-electron chi connectivity index (χ3n) is 0.682. The van der Waals surface area contributed by atoms with Crippen LogP contribution in [0.1, 0.15) is 12.2 Å². The van der Waals surface area contributed by atoms with Crippen molar-refractivity contribution in [2.24, 2.45) is 0 Å². The molecule has 3 nitrogen and oxygen atoms in total. The van der Waals surface area contributed by atoms with E-state index in [1.165, 1.54) is 0 Å². The highest BCUT2D eigenvalue weighted by Gasteiger charge is 2.10. The van der Waals surface area contributed by atoms with Crippen LogP contribution in [0.15, 0.2) is 4.73 Å². The van der Waals surface area contributed by atoms with Gasteiger partial charge in [-0.1, -0.05) is 0 Å². The second-order valence-electron chi connectivity index (χ2n) is 1.29. The second kappa shape index (κ2) is 2.38. The van der Waals surface area contributed by atoms with Gasteiger partial charge in [0.25, 0.3) is 6.43 Å². The Morgan fingerprint density at radius 2 is 2.22 bits per heavy atom. The molecule has 0 aliphatic rings. The van der Waals surface area contributed by atoms with Gasteiger partial charge in [-0.3, -0.25) is 5.10 Å². The minimum atomic E-state index is -2.58. The van der Waals surface area contributed by atoms with Crippen molar-refractivity contribution in [3.63, 3.8) is 0 Å². The van der Waals surface area contributed by atoms with Crippen LogP contribution in [0.2, 0.25) is 0 Å². The molecule has 0 fully saturated rings. The quantitative estimate of drug-likeness (QED) is 0.742. The zero-order chi connectivity index (χ0) is 6.85. The summed E-state index contributed by atoms with van der Waals surface area (Å²) in [5.41, 5.74) is 0. The Morgan fingerprint density at radius 1 is 1.56 bits per heavy atom. The van der Waals surface area contributed by atoms with Crippen LogP contribution in [-0.2, 0) is 0 Å². The monoisotopic (exact) mass is 197 g/mol. The van der Waals surface area contributed by atoms with Crippen molar-refractivity contribution >= 4 is 15.9 Å². The van der Waals surface area contributed by atoms with Crippen LogP contribution in [0.4, 0.5) is 8.78 Å². The van der Waals surface area contributed by atoms with Gasteiger partial charge in [0.05, 0.1) is 0 Å². The number of aromatic amines is 1. The number of halogens is 3. The Balaban J connectivity index is 2.85. The molecule has 1 aromatic heterocycles. The molecule has 0 radical (unpaired) electrons. The molecule has 1 rings (SSSR count). The number of nitrogens with zero attached hydrogens (tertiary/aromatic N) is 2. The fourth-order valence-corrected chi connectivity index (χ4v) is 0.630. The van der Waals surface area contributed by atoms with Crippen LogP contribution >= 0.6 is 15.9 Å². The van der Waals surface area contributed by atoms with E-state index in [0.29, 0.717) is 0 Å². The number of aromatic nitrogens is 3. The fourth-order valence-electron chi connectivity index (χ4n) is 0.350. The lowest BCUT2D eigenvalue weighted by molar-refractivity contribution is 0.140. The zero-order valence-corrected chi connectivity index (χ0v) is 5.69. The number of rotatable bonds is 1. The van der Waals surface area contributed by atoms with Crippen LogP contribution in [0.5, 0.6) is 0 Å². The molecule has 0 amide bonds. The number of hydrogen-bond acceptors (Lipinski definition) is 2. The molecule has 0 bridgehead atoms. The highest BCUT2D eigenvalue weighted by Crippen LogP contribution is 2.14. The molecule has 0 spiro atoms. The molecule has 0 aliphatic heterocycles. The molecule has 1 aromatic rings. The predicted octanol–water partition coefficient (Wildman–Crippen LogP) is 1.50. The molecule has 0 saturated heterocycles. The van der Waals surface area contributed by atoms with Crippen LogP contribution in [0.25, 0.3) is 0 Å². The molecular formula is C3H2BrF2N3. The van der Waals surface area contributed by atoms with E-state index in [4.69, 9.17) is 0 Å². The van der Waals surface area contributed by atoms with Gasteiger partial charge in [-0.2, -0.15) is 4.98 Å². The minimum Gasteiger partial charge on any atom is -0.257 e. The molecule has 0 aliphatic carbocycles. The number of nitrogens with one attached hydrogen (secondary N) is 1. The number of hydrogen-bond donors (Lipinski definition) is 1. The van der Waals surface area contributed by atoms with E-state index < -0.39 is 12.2 Å². The number of H-pyrrole nitrogens is 1. The van der Waals surface area contributed by atoms with E-state index in [1.54, 1.807) is 0 Å². The smallest absolute Gasteiger partial charge is 0.257 e. The van der Waals surface area contributed by atoms with Crippen LogP contribution < -0.4 is 0 Å². The average Bonchev–Trinajstić information content (AvgIpc) is 2.14. The average molecular weight is 198 g/mol. The van der Waals surface area contributed by atoms with Crippen LogP contribution in [0.3, 0.4) is 0 Å². The molecule has 6 heteroatoms. The van der Waals surface area contributed by atoms with Crippen molar-refractivity contribution in [1.82, 2.24) is 15.2 Å². The maximum absolute atomic E-state index is 11.6. The van der Waals surface area contributed by atoms with E-state index in [9.17, 15) is 8.78 Å². The summed E-state index contributed by atoms with van der Waals surface area (Å²) in [4.78, 5) is 3.31. The Labute approximate surface area is 57.6 Å². The molecule has 1 heterocycles. The number of alkyl halides is 2. The lowest BCUT2D eigenvalue weighted by atomic mass is 10.7. The molecule has 0 saturated carbocycles. The molecule has 1 N–H and O–H groups in total. The van der Waals surface area contributed by atoms with E-state index in [1.807, 2.05) is 5.10 Å². The lowest BCUT2D eigenvalue weighted by Gasteiger charge is -1.85. The molecule has 50 valence electrons. The van der Waals surface area contributed by atoms with Gasteiger partial charge in [-0.25, -0.2) is 8.78 Å². The van der Waals surface area contributed by atoms with Gasteiger partial charge in [0.2, 0.25) is 4.73 Å². The standard InChI is InChI=1S/C3H2BrF2N3/c4-3-7-2(1(5)6)8-9-3/h1H,(H,7,8,9). The van der Waals surface area contributed by atoms with Crippen LogP contribution in [0, 0.1) is 0 Å². The molecular weight excluding hydrogens is 196 g/mol. The zero-order valence-electron chi connectivity index (χ0n) is 4.11. The first-order chi connectivity index (χ1) is 4.20. The molecule has 0 atom stereocenters. The van der Waals surface area contributed by atoms with E-state index in [2.05, 4.69) is 26.0 Å². The third-order valence-corrected chi connectivity index (χ3v) is 1.04. The van der Waals surface area contributed by atoms with Crippen LogP contribution in [-0.4, -0.2) is 15.2 Å². The molecule has 0 unspecified atom stereocenters. The maximum Gasteiger partial charge on any atom is 0.296 e. The van der Waals surface area contributed by atoms with Crippen molar-refractivity contribution in [2.45, 2.75) is 6.43 Å². The van der Waals surface area contributed by atoms with Gasteiger partial charge < -0.3 is 0 Å². The van der Waals surface area contributed by atoms with Gasteiger partial charge in [0.15, 0.2) is 5.82 Å². The minimum absolute atomic E-state index is 0.151. The van der Waals surface area contributed by atoms with Crippen molar-refractivity contribution in [3.05, 3.63) is 10.6 Å². The highest BCUT2D eigenvalue weighted by molar-refractivity contribution is 9.10. The first-order valence-corrected chi connectivity index (χ1v) is 2.85.